The molecule has 0 aromatic carbocycles. The summed E-state index contributed by atoms with van der Waals surface area (Å²) >= 11 is 0. The molecule has 0 aliphatic rings. The fourth-order valence-electron chi connectivity index (χ4n) is 8.57. The minimum atomic E-state index is -4.31. The van der Waals surface area contributed by atoms with Crippen LogP contribution in [-0.4, -0.2) is 73.4 Å². The van der Waals surface area contributed by atoms with Crippen LogP contribution < -0.4 is 5.32 Å². The van der Waals surface area contributed by atoms with Crippen LogP contribution in [0.1, 0.15) is 284 Å². The topological polar surface area (TPSA) is 105 Å². The Kier molecular flexibility index (Phi) is 46.8. The van der Waals surface area contributed by atoms with Gasteiger partial charge in [0.15, 0.2) is 0 Å². The van der Waals surface area contributed by atoms with E-state index < -0.39 is 20.0 Å². The summed E-state index contributed by atoms with van der Waals surface area (Å²) < 4.78 is 23.7. The van der Waals surface area contributed by atoms with Crippen LogP contribution in [0.15, 0.2) is 12.2 Å². The Bertz CT molecular complexity index is 1050. The minimum absolute atomic E-state index is 0.0776. The molecule has 8 nitrogen and oxygen atoms in total. The molecule has 3 unspecified atom stereocenters. The summed E-state index contributed by atoms with van der Waals surface area (Å²) in [4.78, 5) is 23.3. The zero-order valence-electron chi connectivity index (χ0n) is 43.6. The van der Waals surface area contributed by atoms with Crippen molar-refractivity contribution < 1.29 is 32.9 Å². The number of quaternary nitrogens is 1. The van der Waals surface area contributed by atoms with Gasteiger partial charge in [-0.3, -0.25) is 13.8 Å². The van der Waals surface area contributed by atoms with Gasteiger partial charge in [0, 0.05) is 6.42 Å². The lowest BCUT2D eigenvalue weighted by molar-refractivity contribution is -0.870. The molecule has 0 bridgehead atoms. The number of carbonyl (C=O) groups is 1. The van der Waals surface area contributed by atoms with Gasteiger partial charge in [-0.2, -0.15) is 0 Å². The van der Waals surface area contributed by atoms with Crippen LogP contribution in [0.25, 0.3) is 0 Å². The molecule has 0 saturated heterocycles. The fourth-order valence-corrected chi connectivity index (χ4v) is 9.31. The van der Waals surface area contributed by atoms with Crippen molar-refractivity contribution in [3.63, 3.8) is 0 Å². The van der Waals surface area contributed by atoms with Crippen LogP contribution >= 0.6 is 7.82 Å². The second-order valence-electron chi connectivity index (χ2n) is 20.7. The van der Waals surface area contributed by atoms with Gasteiger partial charge < -0.3 is 19.8 Å². The highest BCUT2D eigenvalue weighted by molar-refractivity contribution is 7.47. The van der Waals surface area contributed by atoms with E-state index in [9.17, 15) is 19.4 Å². The minimum Gasteiger partial charge on any atom is -0.391 e. The number of rotatable bonds is 52. The lowest BCUT2D eigenvalue weighted by atomic mass is 10.0. The molecule has 0 aromatic heterocycles. The molecule has 0 aliphatic carbocycles. The molecule has 0 aromatic rings. The van der Waals surface area contributed by atoms with Gasteiger partial charge in [-0.1, -0.05) is 251 Å². The first-order valence-corrected chi connectivity index (χ1v) is 29.5. The molecule has 3 atom stereocenters. The highest BCUT2D eigenvalue weighted by atomic mass is 31.2. The SMILES string of the molecule is CCCCCCCCCC/C=C\CCCCCCCCCCCCCCCCCCCC(=O)NC(COP(=O)(O)OCC[N+](C)(C)C)C(O)CCCCCCCCCCCCCCC. The molecule has 382 valence electrons. The first-order chi connectivity index (χ1) is 31.0. The van der Waals surface area contributed by atoms with Crippen molar-refractivity contribution in [2.45, 2.75) is 296 Å². The highest BCUT2D eigenvalue weighted by Gasteiger charge is 2.28. The van der Waals surface area contributed by atoms with Crippen molar-refractivity contribution in [2.75, 3.05) is 40.9 Å². The molecule has 64 heavy (non-hydrogen) atoms. The third-order valence-corrected chi connectivity index (χ3v) is 14.0. The van der Waals surface area contributed by atoms with E-state index in [1.807, 2.05) is 21.1 Å². The number of allylic oxidation sites excluding steroid dienone is 2. The fraction of sp³-hybridized carbons (Fsp3) is 0.945. The van der Waals surface area contributed by atoms with Crippen molar-refractivity contribution in [1.82, 2.24) is 5.32 Å². The summed E-state index contributed by atoms with van der Waals surface area (Å²) in [5.74, 6) is -0.139. The smallest absolute Gasteiger partial charge is 0.391 e. The van der Waals surface area contributed by atoms with Gasteiger partial charge in [0.05, 0.1) is 39.9 Å². The Morgan fingerprint density at radius 2 is 0.844 bits per heavy atom. The molecule has 0 aliphatic heterocycles. The van der Waals surface area contributed by atoms with Crippen molar-refractivity contribution >= 4 is 13.7 Å². The molecule has 0 spiro atoms. The number of nitrogens with zero attached hydrogens (tertiary/aromatic N) is 1. The van der Waals surface area contributed by atoms with E-state index in [0.717, 1.165) is 38.5 Å². The van der Waals surface area contributed by atoms with Crippen LogP contribution in [0.4, 0.5) is 0 Å². The predicted molar refractivity (Wildman–Crippen MR) is 277 cm³/mol. The number of aliphatic hydroxyl groups excluding tert-OH is 1. The van der Waals surface area contributed by atoms with Crippen molar-refractivity contribution in [3.8, 4) is 0 Å². The molecule has 0 rings (SSSR count). The first kappa shape index (κ1) is 63.2. The van der Waals surface area contributed by atoms with Gasteiger partial charge in [-0.25, -0.2) is 4.57 Å². The molecule has 0 radical (unpaired) electrons. The maximum atomic E-state index is 13.0. The highest BCUT2D eigenvalue weighted by Crippen LogP contribution is 2.43. The van der Waals surface area contributed by atoms with E-state index >= 15 is 0 Å². The van der Waals surface area contributed by atoms with Crippen LogP contribution in [0, 0.1) is 0 Å². The van der Waals surface area contributed by atoms with Crippen molar-refractivity contribution in [3.05, 3.63) is 12.2 Å². The molecule has 9 heteroatoms. The molecule has 1 amide bonds. The zero-order chi connectivity index (χ0) is 47.1. The second-order valence-corrected chi connectivity index (χ2v) is 22.1. The molecule has 0 saturated carbocycles. The van der Waals surface area contributed by atoms with Gasteiger partial charge in [0.1, 0.15) is 13.2 Å². The summed E-state index contributed by atoms with van der Waals surface area (Å²) in [5, 5.41) is 14.0. The van der Waals surface area contributed by atoms with E-state index in [1.54, 1.807) is 0 Å². The van der Waals surface area contributed by atoms with Gasteiger partial charge in [-0.05, 0) is 38.5 Å². The molecule has 0 fully saturated rings. The maximum Gasteiger partial charge on any atom is 0.472 e. The van der Waals surface area contributed by atoms with Crippen molar-refractivity contribution in [2.24, 2.45) is 0 Å². The first-order valence-electron chi connectivity index (χ1n) is 28.1. The molecular formula is C55H112N2O6P+. The van der Waals surface area contributed by atoms with Crippen molar-refractivity contribution in [1.29, 1.82) is 0 Å². The normalized spacial score (nSPS) is 14.0. The summed E-state index contributed by atoms with van der Waals surface area (Å²) in [6.07, 6.45) is 57.0. The lowest BCUT2D eigenvalue weighted by Crippen LogP contribution is -2.46. The summed E-state index contributed by atoms with van der Waals surface area (Å²) in [6, 6.07) is -0.756. The predicted octanol–water partition coefficient (Wildman–Crippen LogP) is 16.7. The summed E-state index contributed by atoms with van der Waals surface area (Å²) in [5.41, 5.74) is 0. The number of hydrogen-bond donors (Lipinski definition) is 3. The second kappa shape index (κ2) is 47.3. The van der Waals surface area contributed by atoms with Crippen LogP contribution in [0.5, 0.6) is 0 Å². The number of unbranched alkanes of at least 4 members (excludes halogenated alkanes) is 37. The van der Waals surface area contributed by atoms with Gasteiger partial charge in [0.25, 0.3) is 0 Å². The Morgan fingerprint density at radius 3 is 1.20 bits per heavy atom. The van der Waals surface area contributed by atoms with E-state index in [1.165, 1.54) is 218 Å². The van der Waals surface area contributed by atoms with E-state index in [4.69, 9.17) is 9.05 Å². The lowest BCUT2D eigenvalue weighted by Gasteiger charge is -2.26. The Balaban J connectivity index is 4.02. The molecule has 0 heterocycles. The quantitative estimate of drug-likeness (QED) is 0.0243. The third kappa shape index (κ3) is 49.2. The van der Waals surface area contributed by atoms with E-state index in [2.05, 4.69) is 31.3 Å². The Morgan fingerprint density at radius 1 is 0.516 bits per heavy atom. The maximum absolute atomic E-state index is 13.0. The average Bonchev–Trinajstić information content (AvgIpc) is 3.25. The number of phosphoric ester groups is 1. The molecule has 3 N–H and O–H groups in total. The Hall–Kier alpha value is -0.760. The average molecular weight is 928 g/mol. The number of hydrogen-bond acceptors (Lipinski definition) is 5. The van der Waals surface area contributed by atoms with Crippen LogP contribution in [-0.2, 0) is 18.4 Å². The summed E-state index contributed by atoms with van der Waals surface area (Å²) in [6.45, 7) is 4.92. The number of amides is 1. The van der Waals surface area contributed by atoms with Crippen LogP contribution in [0.2, 0.25) is 0 Å². The number of phosphoric acid groups is 1. The summed E-state index contributed by atoms with van der Waals surface area (Å²) in [7, 11) is 1.63. The largest absolute Gasteiger partial charge is 0.472 e. The zero-order valence-corrected chi connectivity index (χ0v) is 44.4. The molecular weight excluding hydrogens is 816 g/mol. The monoisotopic (exact) mass is 928 g/mol. The van der Waals surface area contributed by atoms with Gasteiger partial charge in [-0.15, -0.1) is 0 Å². The number of aliphatic hydroxyl groups is 1. The standard InChI is InChI=1S/C55H111N2O6P/c1-6-8-10-12-14-16-18-20-21-22-23-24-25-26-27-28-29-30-31-32-33-34-35-37-39-41-43-45-47-49-55(59)56-53(52-63-64(60,61)62-51-50-57(3,4)5)54(58)48-46-44-42-40-38-36-19-17-15-13-11-9-7-2/h22-23,53-54,58H,6-21,24-52H2,1-5H3,(H-,56,59,60,61)/p+1/b23-22-. The number of nitrogens with one attached hydrogen (secondary N) is 1. The van der Waals surface area contributed by atoms with E-state index in [-0.39, 0.29) is 19.1 Å². The Labute approximate surface area is 399 Å². The van der Waals surface area contributed by atoms with Gasteiger partial charge >= 0.3 is 7.82 Å². The number of likely N-dealkylation sites (N-methyl/N-ethyl adjacent to an activating group) is 1. The van der Waals surface area contributed by atoms with E-state index in [0.29, 0.717) is 23.9 Å². The van der Waals surface area contributed by atoms with Gasteiger partial charge in [0.2, 0.25) is 5.91 Å². The number of carbonyl (C=O) groups excluding carboxylic acids is 1. The third-order valence-electron chi connectivity index (χ3n) is 13.0. The van der Waals surface area contributed by atoms with Crippen LogP contribution in [0.3, 0.4) is 0 Å².